The van der Waals surface area contributed by atoms with Crippen LogP contribution in [0.25, 0.3) is 0 Å². The predicted molar refractivity (Wildman–Crippen MR) is 96.3 cm³/mol. The van der Waals surface area contributed by atoms with Crippen molar-refractivity contribution in [2.45, 2.75) is 25.7 Å². The Morgan fingerprint density at radius 2 is 1.92 bits per heavy atom. The molecule has 0 N–H and O–H groups in total. The molecule has 0 atom stereocenters. The number of hydrogen-bond acceptors (Lipinski definition) is 3. The molecule has 0 aliphatic carbocycles. The third kappa shape index (κ3) is 5.20. The number of likely N-dealkylation sites (tertiary alicyclic amines) is 1. The van der Waals surface area contributed by atoms with Crippen molar-refractivity contribution in [1.29, 1.82) is 0 Å². The minimum absolute atomic E-state index is 0.278. The van der Waals surface area contributed by atoms with Gasteiger partial charge in [0.05, 0.1) is 13.2 Å². The number of rotatable bonds is 5. The number of aryl methyl sites for hydroxylation is 1. The van der Waals surface area contributed by atoms with Crippen LogP contribution < -0.4 is 0 Å². The largest absolute Gasteiger partial charge is 0.379 e. The molecular formula is C19H27ClN2O2. The fourth-order valence-corrected chi connectivity index (χ4v) is 3.83. The summed E-state index contributed by atoms with van der Waals surface area (Å²) in [6.45, 7) is 6.81. The maximum atomic E-state index is 12.4. The standard InChI is InChI=1S/C19H27ClN2O2/c20-18-3-1-2-16(14-18)4-5-19(23)22-8-6-17(7-9-22)15-21-10-12-24-13-11-21/h1-3,14,17H,4-13,15H2. The van der Waals surface area contributed by atoms with Gasteiger partial charge < -0.3 is 9.64 Å². The number of amides is 1. The average Bonchev–Trinajstić information content (AvgIpc) is 2.61. The van der Waals surface area contributed by atoms with Crippen molar-refractivity contribution in [2.24, 2.45) is 5.92 Å². The van der Waals surface area contributed by atoms with Crippen LogP contribution in [0.4, 0.5) is 0 Å². The third-order valence-corrected chi connectivity index (χ3v) is 5.34. The maximum absolute atomic E-state index is 12.4. The van der Waals surface area contributed by atoms with E-state index >= 15 is 0 Å². The van der Waals surface area contributed by atoms with E-state index in [4.69, 9.17) is 16.3 Å². The lowest BCUT2D eigenvalue weighted by atomic mass is 9.95. The molecule has 2 heterocycles. The Morgan fingerprint density at radius 1 is 1.17 bits per heavy atom. The molecule has 0 unspecified atom stereocenters. The van der Waals surface area contributed by atoms with E-state index in [1.807, 2.05) is 29.2 Å². The van der Waals surface area contributed by atoms with Gasteiger partial charge in [0.2, 0.25) is 5.91 Å². The highest BCUT2D eigenvalue weighted by Gasteiger charge is 2.24. The SMILES string of the molecule is O=C(CCc1cccc(Cl)c1)N1CCC(CN2CCOCC2)CC1. The Bertz CT molecular complexity index is 538. The molecule has 0 bridgehead atoms. The molecule has 1 amide bonds. The van der Waals surface area contributed by atoms with Crippen LogP contribution in [0.2, 0.25) is 5.02 Å². The normalized spacial score (nSPS) is 20.3. The predicted octanol–water partition coefficient (Wildman–Crippen LogP) is 2.84. The van der Waals surface area contributed by atoms with Crippen LogP contribution in [0.5, 0.6) is 0 Å². The maximum Gasteiger partial charge on any atom is 0.222 e. The van der Waals surface area contributed by atoms with Gasteiger partial charge in [-0.2, -0.15) is 0 Å². The van der Waals surface area contributed by atoms with Gasteiger partial charge in [-0.15, -0.1) is 0 Å². The molecule has 2 saturated heterocycles. The molecule has 2 aliphatic heterocycles. The molecular weight excluding hydrogens is 324 g/mol. The number of carbonyl (C=O) groups is 1. The van der Waals surface area contributed by atoms with Gasteiger partial charge in [0.15, 0.2) is 0 Å². The average molecular weight is 351 g/mol. The lowest BCUT2D eigenvalue weighted by molar-refractivity contribution is -0.132. The first-order valence-corrected chi connectivity index (χ1v) is 9.41. The molecule has 132 valence electrons. The Kier molecular flexibility index (Phi) is 6.52. The van der Waals surface area contributed by atoms with Crippen LogP contribution >= 0.6 is 11.6 Å². The quantitative estimate of drug-likeness (QED) is 0.818. The summed E-state index contributed by atoms with van der Waals surface area (Å²) in [5.41, 5.74) is 1.14. The molecule has 0 radical (unpaired) electrons. The van der Waals surface area contributed by atoms with Gasteiger partial charge in [0.25, 0.3) is 0 Å². The van der Waals surface area contributed by atoms with E-state index in [0.29, 0.717) is 6.42 Å². The molecule has 1 aromatic carbocycles. The van der Waals surface area contributed by atoms with Gasteiger partial charge in [0.1, 0.15) is 0 Å². The van der Waals surface area contributed by atoms with Crippen LogP contribution in [0.3, 0.4) is 0 Å². The third-order valence-electron chi connectivity index (χ3n) is 5.10. The highest BCUT2D eigenvalue weighted by Crippen LogP contribution is 2.20. The monoisotopic (exact) mass is 350 g/mol. The Labute approximate surface area is 149 Å². The molecule has 0 spiro atoms. The minimum atomic E-state index is 0.278. The second-order valence-corrected chi connectivity index (χ2v) is 7.30. The number of nitrogens with zero attached hydrogens (tertiary/aromatic N) is 2. The molecule has 1 aromatic rings. The van der Waals surface area contributed by atoms with Crippen molar-refractivity contribution in [3.63, 3.8) is 0 Å². The zero-order chi connectivity index (χ0) is 16.8. The Hall–Kier alpha value is -1.10. The van der Waals surface area contributed by atoms with Crippen molar-refractivity contribution < 1.29 is 9.53 Å². The minimum Gasteiger partial charge on any atom is -0.379 e. The molecule has 2 fully saturated rings. The first-order valence-electron chi connectivity index (χ1n) is 9.03. The number of halogens is 1. The molecule has 4 nitrogen and oxygen atoms in total. The Morgan fingerprint density at radius 3 is 2.62 bits per heavy atom. The summed E-state index contributed by atoms with van der Waals surface area (Å²) in [5.74, 6) is 1.000. The van der Waals surface area contributed by atoms with E-state index in [-0.39, 0.29) is 5.91 Å². The molecule has 3 rings (SSSR count). The molecule has 24 heavy (non-hydrogen) atoms. The van der Waals surface area contributed by atoms with Gasteiger partial charge in [-0.05, 0) is 42.9 Å². The molecule has 5 heteroatoms. The van der Waals surface area contributed by atoms with Crippen LogP contribution in [-0.2, 0) is 16.0 Å². The van der Waals surface area contributed by atoms with E-state index in [0.717, 1.165) is 81.7 Å². The fourth-order valence-electron chi connectivity index (χ4n) is 3.62. The number of carbonyl (C=O) groups excluding carboxylic acids is 1. The Balaban J connectivity index is 1.38. The summed E-state index contributed by atoms with van der Waals surface area (Å²) in [7, 11) is 0. The molecule has 0 aromatic heterocycles. The van der Waals surface area contributed by atoms with Crippen molar-refractivity contribution in [3.8, 4) is 0 Å². The van der Waals surface area contributed by atoms with Crippen LogP contribution in [0.1, 0.15) is 24.8 Å². The van der Waals surface area contributed by atoms with E-state index in [1.165, 1.54) is 0 Å². The first kappa shape index (κ1) is 17.7. The van der Waals surface area contributed by atoms with Crippen molar-refractivity contribution in [1.82, 2.24) is 9.80 Å². The second-order valence-electron chi connectivity index (χ2n) is 6.87. The van der Waals surface area contributed by atoms with Gasteiger partial charge in [-0.25, -0.2) is 0 Å². The van der Waals surface area contributed by atoms with Crippen molar-refractivity contribution in [2.75, 3.05) is 45.9 Å². The summed E-state index contributed by atoms with van der Waals surface area (Å²) in [4.78, 5) is 17.0. The fraction of sp³-hybridized carbons (Fsp3) is 0.632. The number of benzene rings is 1. The summed E-state index contributed by atoms with van der Waals surface area (Å²) in [5, 5.41) is 0.740. The van der Waals surface area contributed by atoms with Crippen LogP contribution in [0, 0.1) is 5.92 Å². The van der Waals surface area contributed by atoms with E-state index in [1.54, 1.807) is 0 Å². The second kappa shape index (κ2) is 8.84. The smallest absolute Gasteiger partial charge is 0.222 e. The highest BCUT2D eigenvalue weighted by molar-refractivity contribution is 6.30. The lowest BCUT2D eigenvalue weighted by Gasteiger charge is -2.36. The van der Waals surface area contributed by atoms with E-state index in [2.05, 4.69) is 4.90 Å². The molecule has 2 aliphatic rings. The van der Waals surface area contributed by atoms with E-state index < -0.39 is 0 Å². The highest BCUT2D eigenvalue weighted by atomic mass is 35.5. The lowest BCUT2D eigenvalue weighted by Crippen LogP contribution is -2.44. The zero-order valence-corrected chi connectivity index (χ0v) is 15.0. The first-order chi connectivity index (χ1) is 11.7. The van der Waals surface area contributed by atoms with Crippen molar-refractivity contribution >= 4 is 17.5 Å². The summed E-state index contributed by atoms with van der Waals surface area (Å²) >= 11 is 6.00. The topological polar surface area (TPSA) is 32.8 Å². The summed E-state index contributed by atoms with van der Waals surface area (Å²) < 4.78 is 5.41. The van der Waals surface area contributed by atoms with Gasteiger partial charge in [-0.1, -0.05) is 23.7 Å². The summed E-state index contributed by atoms with van der Waals surface area (Å²) in [6.07, 6.45) is 3.60. The van der Waals surface area contributed by atoms with Gasteiger partial charge >= 0.3 is 0 Å². The number of ether oxygens (including phenoxy) is 1. The zero-order valence-electron chi connectivity index (χ0n) is 14.3. The van der Waals surface area contributed by atoms with Crippen LogP contribution in [-0.4, -0.2) is 61.6 Å². The number of hydrogen-bond donors (Lipinski definition) is 0. The number of morpholine rings is 1. The van der Waals surface area contributed by atoms with Crippen LogP contribution in [0.15, 0.2) is 24.3 Å². The molecule has 0 saturated carbocycles. The van der Waals surface area contributed by atoms with E-state index in [9.17, 15) is 4.79 Å². The van der Waals surface area contributed by atoms with Gasteiger partial charge in [-0.3, -0.25) is 9.69 Å². The number of piperidine rings is 1. The van der Waals surface area contributed by atoms with Gasteiger partial charge in [0, 0.05) is 44.2 Å². The summed E-state index contributed by atoms with van der Waals surface area (Å²) in [6, 6.07) is 7.79. The van der Waals surface area contributed by atoms with Crippen molar-refractivity contribution in [3.05, 3.63) is 34.9 Å².